The predicted octanol–water partition coefficient (Wildman–Crippen LogP) is 2.79. The second-order valence-electron chi connectivity index (χ2n) is 3.82. The van der Waals surface area contributed by atoms with Gasteiger partial charge >= 0.3 is 0 Å². The van der Waals surface area contributed by atoms with E-state index in [0.717, 1.165) is 10.2 Å². The molecule has 80 valence electrons. The highest BCUT2D eigenvalue weighted by atomic mass is 79.9. The zero-order chi connectivity index (χ0) is 11.0. The van der Waals surface area contributed by atoms with Crippen LogP contribution in [0.2, 0.25) is 0 Å². The van der Waals surface area contributed by atoms with E-state index in [2.05, 4.69) is 28.6 Å². The van der Waals surface area contributed by atoms with Crippen molar-refractivity contribution in [1.29, 1.82) is 0 Å². The van der Waals surface area contributed by atoms with Crippen molar-refractivity contribution in [3.8, 4) is 0 Å². The van der Waals surface area contributed by atoms with Crippen LogP contribution in [-0.4, -0.2) is 17.7 Å². The monoisotopic (exact) mass is 285 g/mol. The van der Waals surface area contributed by atoms with Crippen LogP contribution in [0.4, 0.5) is 5.69 Å². The van der Waals surface area contributed by atoms with Crippen molar-refractivity contribution in [2.45, 2.75) is 18.6 Å². The number of hydrogen-bond donors (Lipinski definition) is 1. The Morgan fingerprint density at radius 1 is 1.53 bits per heavy atom. The molecule has 1 atom stereocenters. The number of nitrogens with zero attached hydrogens (tertiary/aromatic N) is 1. The van der Waals surface area contributed by atoms with Gasteiger partial charge in [-0.1, -0.05) is 6.07 Å². The van der Waals surface area contributed by atoms with Crippen LogP contribution in [0.5, 0.6) is 0 Å². The number of thiol groups is 1. The number of rotatable bonds is 1. The summed E-state index contributed by atoms with van der Waals surface area (Å²) in [5.41, 5.74) is 2.13. The third-order valence-electron chi connectivity index (χ3n) is 2.50. The van der Waals surface area contributed by atoms with E-state index in [9.17, 15) is 4.79 Å². The molecule has 1 aromatic rings. The second-order valence-corrected chi connectivity index (χ2v) is 5.40. The molecule has 2 nitrogen and oxygen atoms in total. The summed E-state index contributed by atoms with van der Waals surface area (Å²) in [7, 11) is 0. The molecule has 0 N–H and O–H groups in total. The van der Waals surface area contributed by atoms with Gasteiger partial charge in [0.2, 0.25) is 5.91 Å². The Balaban J connectivity index is 2.34. The standard InChI is InChI=1S/C11H12BrNOS/c1-7-2-3-10(9(12)4-7)13-6-8(15)5-11(13)14/h2-4,8,15H,5-6H2,1H3. The molecular formula is C11H12BrNOS. The number of amides is 1. The van der Waals surface area contributed by atoms with Gasteiger partial charge in [-0.25, -0.2) is 0 Å². The van der Waals surface area contributed by atoms with Gasteiger partial charge < -0.3 is 4.90 Å². The molecule has 1 amide bonds. The molecule has 1 fully saturated rings. The lowest BCUT2D eigenvalue weighted by atomic mass is 10.2. The molecule has 0 aliphatic carbocycles. The summed E-state index contributed by atoms with van der Waals surface area (Å²) in [5, 5.41) is 0.158. The van der Waals surface area contributed by atoms with Crippen LogP contribution in [0, 0.1) is 6.92 Å². The first kappa shape index (κ1) is 11.0. The van der Waals surface area contributed by atoms with Crippen LogP contribution in [0.1, 0.15) is 12.0 Å². The van der Waals surface area contributed by atoms with E-state index >= 15 is 0 Å². The van der Waals surface area contributed by atoms with E-state index in [1.54, 1.807) is 4.90 Å². The van der Waals surface area contributed by atoms with Gasteiger partial charge in [-0.15, -0.1) is 0 Å². The lowest BCUT2D eigenvalue weighted by molar-refractivity contribution is -0.117. The number of benzene rings is 1. The highest BCUT2D eigenvalue weighted by Crippen LogP contribution is 2.31. The van der Waals surface area contributed by atoms with Crippen molar-refractivity contribution in [3.05, 3.63) is 28.2 Å². The summed E-state index contributed by atoms with van der Waals surface area (Å²) >= 11 is 7.82. The zero-order valence-electron chi connectivity index (χ0n) is 8.40. The molecule has 0 spiro atoms. The van der Waals surface area contributed by atoms with Gasteiger partial charge in [0.25, 0.3) is 0 Å². The average Bonchev–Trinajstić information content (AvgIpc) is 2.45. The number of carbonyl (C=O) groups is 1. The quantitative estimate of drug-likeness (QED) is 0.787. The van der Waals surface area contributed by atoms with E-state index in [1.807, 2.05) is 25.1 Å². The Morgan fingerprint density at radius 3 is 2.80 bits per heavy atom. The summed E-state index contributed by atoms with van der Waals surface area (Å²) in [6.45, 7) is 2.73. The third kappa shape index (κ3) is 2.21. The van der Waals surface area contributed by atoms with E-state index in [4.69, 9.17) is 0 Å². The Bertz CT molecular complexity index is 408. The minimum atomic E-state index is 0.152. The smallest absolute Gasteiger partial charge is 0.228 e. The first-order chi connectivity index (χ1) is 7.08. The van der Waals surface area contributed by atoms with Crippen LogP contribution in [0.3, 0.4) is 0 Å². The Morgan fingerprint density at radius 2 is 2.27 bits per heavy atom. The molecule has 1 heterocycles. The lowest BCUT2D eigenvalue weighted by Gasteiger charge is -2.18. The molecule has 0 radical (unpaired) electrons. The Labute approximate surface area is 103 Å². The van der Waals surface area contributed by atoms with Gasteiger partial charge in [0, 0.05) is 22.7 Å². The van der Waals surface area contributed by atoms with E-state index in [0.29, 0.717) is 13.0 Å². The molecule has 1 unspecified atom stereocenters. The van der Waals surface area contributed by atoms with Gasteiger partial charge in [-0.2, -0.15) is 12.6 Å². The van der Waals surface area contributed by atoms with Crippen LogP contribution in [0.15, 0.2) is 22.7 Å². The maximum Gasteiger partial charge on any atom is 0.228 e. The van der Waals surface area contributed by atoms with Crippen LogP contribution < -0.4 is 4.90 Å². The van der Waals surface area contributed by atoms with E-state index in [1.165, 1.54) is 5.56 Å². The number of anilines is 1. The Hall–Kier alpha value is -0.480. The fraction of sp³-hybridized carbons (Fsp3) is 0.364. The van der Waals surface area contributed by atoms with Crippen molar-refractivity contribution in [2.75, 3.05) is 11.4 Å². The van der Waals surface area contributed by atoms with Crippen molar-refractivity contribution < 1.29 is 4.79 Å². The largest absolute Gasteiger partial charge is 0.310 e. The number of hydrogen-bond acceptors (Lipinski definition) is 2. The fourth-order valence-corrected chi connectivity index (χ4v) is 2.78. The molecule has 1 saturated heterocycles. The number of aryl methyl sites for hydroxylation is 1. The summed E-state index contributed by atoms with van der Waals surface area (Å²) in [4.78, 5) is 13.5. The van der Waals surface area contributed by atoms with Gasteiger partial charge in [0.05, 0.1) is 5.69 Å². The van der Waals surface area contributed by atoms with Gasteiger partial charge in [-0.05, 0) is 40.5 Å². The normalized spacial score (nSPS) is 21.1. The molecule has 15 heavy (non-hydrogen) atoms. The lowest BCUT2D eigenvalue weighted by Crippen LogP contribution is -2.24. The fourth-order valence-electron chi connectivity index (χ4n) is 1.75. The maximum atomic E-state index is 11.7. The predicted molar refractivity (Wildman–Crippen MR) is 68.6 cm³/mol. The first-order valence-electron chi connectivity index (χ1n) is 4.82. The Kier molecular flexibility index (Phi) is 3.07. The van der Waals surface area contributed by atoms with Crippen molar-refractivity contribution in [3.63, 3.8) is 0 Å². The SMILES string of the molecule is Cc1ccc(N2CC(S)CC2=O)c(Br)c1. The van der Waals surface area contributed by atoms with Crippen molar-refractivity contribution >= 4 is 40.2 Å². The third-order valence-corrected chi connectivity index (χ3v) is 3.48. The minimum Gasteiger partial charge on any atom is -0.310 e. The van der Waals surface area contributed by atoms with Gasteiger partial charge in [0.1, 0.15) is 0 Å². The molecule has 1 aliphatic rings. The molecule has 1 aromatic carbocycles. The highest BCUT2D eigenvalue weighted by Gasteiger charge is 2.29. The van der Waals surface area contributed by atoms with Crippen LogP contribution >= 0.6 is 28.6 Å². The van der Waals surface area contributed by atoms with Crippen molar-refractivity contribution in [2.24, 2.45) is 0 Å². The summed E-state index contributed by atoms with van der Waals surface area (Å²) in [6.07, 6.45) is 0.531. The minimum absolute atomic E-state index is 0.152. The van der Waals surface area contributed by atoms with E-state index < -0.39 is 0 Å². The molecule has 0 saturated carbocycles. The van der Waals surface area contributed by atoms with Crippen molar-refractivity contribution in [1.82, 2.24) is 0 Å². The maximum absolute atomic E-state index is 11.7. The molecular weight excluding hydrogens is 274 g/mol. The average molecular weight is 286 g/mol. The van der Waals surface area contributed by atoms with Gasteiger partial charge in [-0.3, -0.25) is 4.79 Å². The number of carbonyl (C=O) groups excluding carboxylic acids is 1. The summed E-state index contributed by atoms with van der Waals surface area (Å²) in [5.74, 6) is 0.152. The molecule has 2 rings (SSSR count). The summed E-state index contributed by atoms with van der Waals surface area (Å²) < 4.78 is 0.971. The first-order valence-corrected chi connectivity index (χ1v) is 6.13. The zero-order valence-corrected chi connectivity index (χ0v) is 10.9. The molecule has 1 aliphatic heterocycles. The molecule has 0 aromatic heterocycles. The van der Waals surface area contributed by atoms with E-state index in [-0.39, 0.29) is 11.2 Å². The molecule has 4 heteroatoms. The van der Waals surface area contributed by atoms with Gasteiger partial charge in [0.15, 0.2) is 0 Å². The van der Waals surface area contributed by atoms with Crippen LogP contribution in [0.25, 0.3) is 0 Å². The second kappa shape index (κ2) is 4.18. The highest BCUT2D eigenvalue weighted by molar-refractivity contribution is 9.10. The topological polar surface area (TPSA) is 20.3 Å². The summed E-state index contributed by atoms with van der Waals surface area (Å²) in [6, 6.07) is 6.01. The number of halogens is 1. The molecule has 0 bridgehead atoms. The van der Waals surface area contributed by atoms with Crippen LogP contribution in [-0.2, 0) is 4.79 Å².